The highest BCUT2D eigenvalue weighted by Crippen LogP contribution is 2.30. The number of pyridine rings is 1. The van der Waals surface area contributed by atoms with E-state index < -0.39 is 0 Å². The molecule has 1 N–H and O–H groups in total. The Balaban J connectivity index is 1.47. The van der Waals surface area contributed by atoms with Gasteiger partial charge in [-0.25, -0.2) is 0 Å². The fraction of sp³-hybridized carbons (Fsp3) is 0.474. The van der Waals surface area contributed by atoms with E-state index in [1.54, 1.807) is 0 Å². The Morgan fingerprint density at radius 3 is 2.88 bits per heavy atom. The van der Waals surface area contributed by atoms with Crippen LogP contribution in [0.25, 0.3) is 10.9 Å². The molecular formula is C19H22BrN3O. The van der Waals surface area contributed by atoms with Gasteiger partial charge in [-0.3, -0.25) is 9.78 Å². The van der Waals surface area contributed by atoms with Crippen LogP contribution >= 0.6 is 15.9 Å². The van der Waals surface area contributed by atoms with Crippen molar-refractivity contribution in [3.63, 3.8) is 0 Å². The second-order valence-electron chi connectivity index (χ2n) is 6.89. The van der Waals surface area contributed by atoms with Crippen molar-refractivity contribution in [2.75, 3.05) is 18.4 Å². The Kier molecular flexibility index (Phi) is 4.44. The lowest BCUT2D eigenvalue weighted by Crippen LogP contribution is -2.35. The summed E-state index contributed by atoms with van der Waals surface area (Å²) in [7, 11) is 0. The maximum atomic E-state index is 12.6. The van der Waals surface area contributed by atoms with Gasteiger partial charge in [0.1, 0.15) is 0 Å². The number of carbonyl (C=O) groups excluding carboxylic acids is 1. The SMILES string of the molecule is O=C(C1CCCC1)N1CCC(Nc2ccnc3c(Br)cccc23)C1. The first-order valence-electron chi connectivity index (χ1n) is 8.81. The van der Waals surface area contributed by atoms with E-state index in [1.165, 1.54) is 12.8 Å². The molecule has 1 aliphatic carbocycles. The van der Waals surface area contributed by atoms with Crippen LogP contribution in [-0.4, -0.2) is 34.9 Å². The lowest BCUT2D eigenvalue weighted by molar-refractivity contribution is -0.134. The first-order chi connectivity index (χ1) is 11.7. The van der Waals surface area contributed by atoms with Gasteiger partial charge in [-0.1, -0.05) is 25.0 Å². The van der Waals surface area contributed by atoms with Gasteiger partial charge in [-0.15, -0.1) is 0 Å². The first kappa shape index (κ1) is 15.9. The van der Waals surface area contributed by atoms with Gasteiger partial charge >= 0.3 is 0 Å². The Bertz CT molecular complexity index is 757. The number of fused-ring (bicyclic) bond motifs is 1. The van der Waals surface area contributed by atoms with Gasteiger partial charge in [0.25, 0.3) is 0 Å². The number of likely N-dealkylation sites (tertiary alicyclic amines) is 1. The van der Waals surface area contributed by atoms with E-state index in [0.29, 0.717) is 11.9 Å². The molecule has 2 fully saturated rings. The van der Waals surface area contributed by atoms with Crippen molar-refractivity contribution in [2.24, 2.45) is 5.92 Å². The number of nitrogens with zero attached hydrogens (tertiary/aromatic N) is 2. The van der Waals surface area contributed by atoms with E-state index in [9.17, 15) is 4.79 Å². The zero-order chi connectivity index (χ0) is 16.5. The number of carbonyl (C=O) groups is 1. The minimum atomic E-state index is 0.279. The minimum Gasteiger partial charge on any atom is -0.380 e. The molecule has 0 radical (unpaired) electrons. The van der Waals surface area contributed by atoms with Crippen molar-refractivity contribution >= 4 is 38.4 Å². The minimum absolute atomic E-state index is 0.279. The Labute approximate surface area is 150 Å². The number of rotatable bonds is 3. The number of aromatic nitrogens is 1. The summed E-state index contributed by atoms with van der Waals surface area (Å²) in [6, 6.07) is 8.47. The van der Waals surface area contributed by atoms with E-state index in [0.717, 1.165) is 53.4 Å². The highest BCUT2D eigenvalue weighted by atomic mass is 79.9. The first-order valence-corrected chi connectivity index (χ1v) is 9.60. The summed E-state index contributed by atoms with van der Waals surface area (Å²) in [5.41, 5.74) is 2.07. The van der Waals surface area contributed by atoms with Crippen molar-refractivity contribution in [1.82, 2.24) is 9.88 Å². The summed E-state index contributed by atoms with van der Waals surface area (Å²) in [4.78, 5) is 19.1. The van der Waals surface area contributed by atoms with Crippen LogP contribution in [0.3, 0.4) is 0 Å². The van der Waals surface area contributed by atoms with Crippen molar-refractivity contribution in [1.29, 1.82) is 0 Å². The molecule has 0 bridgehead atoms. The monoisotopic (exact) mass is 387 g/mol. The van der Waals surface area contributed by atoms with E-state index in [4.69, 9.17) is 0 Å². The molecule has 1 unspecified atom stereocenters. The summed E-state index contributed by atoms with van der Waals surface area (Å²) in [6.45, 7) is 1.69. The molecule has 0 spiro atoms. The van der Waals surface area contributed by atoms with Crippen LogP contribution in [-0.2, 0) is 4.79 Å². The zero-order valence-electron chi connectivity index (χ0n) is 13.7. The fourth-order valence-corrected chi connectivity index (χ4v) is 4.46. The lowest BCUT2D eigenvalue weighted by atomic mass is 10.1. The second kappa shape index (κ2) is 6.71. The predicted molar refractivity (Wildman–Crippen MR) is 100 cm³/mol. The molecule has 1 saturated heterocycles. The zero-order valence-corrected chi connectivity index (χ0v) is 15.3. The van der Waals surface area contributed by atoms with Gasteiger partial charge < -0.3 is 10.2 Å². The topological polar surface area (TPSA) is 45.2 Å². The smallest absolute Gasteiger partial charge is 0.225 e. The molecule has 1 atom stereocenters. The van der Waals surface area contributed by atoms with Gasteiger partial charge in [0.2, 0.25) is 5.91 Å². The maximum Gasteiger partial charge on any atom is 0.225 e. The maximum absolute atomic E-state index is 12.6. The molecule has 24 heavy (non-hydrogen) atoms. The summed E-state index contributed by atoms with van der Waals surface area (Å²) >= 11 is 3.57. The number of benzene rings is 1. The third-order valence-corrected chi connectivity index (χ3v) is 5.93. The molecule has 126 valence electrons. The number of hydrogen-bond donors (Lipinski definition) is 1. The molecule has 1 saturated carbocycles. The molecule has 2 heterocycles. The highest BCUT2D eigenvalue weighted by molar-refractivity contribution is 9.10. The van der Waals surface area contributed by atoms with Crippen LogP contribution < -0.4 is 5.32 Å². The molecule has 4 nitrogen and oxygen atoms in total. The van der Waals surface area contributed by atoms with E-state index in [2.05, 4.69) is 37.2 Å². The van der Waals surface area contributed by atoms with Crippen molar-refractivity contribution in [2.45, 2.75) is 38.1 Å². The molecule has 1 aromatic carbocycles. The van der Waals surface area contributed by atoms with Gasteiger partial charge in [0.15, 0.2) is 0 Å². The standard InChI is InChI=1S/C19H22BrN3O/c20-16-7-3-6-15-17(8-10-21-18(15)16)22-14-9-11-23(12-14)19(24)13-4-1-2-5-13/h3,6-8,10,13-14H,1-2,4-5,9,11-12H2,(H,21,22). The number of halogens is 1. The van der Waals surface area contributed by atoms with Crippen molar-refractivity contribution in [3.8, 4) is 0 Å². The summed E-state index contributed by atoms with van der Waals surface area (Å²) in [5, 5.41) is 4.75. The Morgan fingerprint density at radius 1 is 1.21 bits per heavy atom. The fourth-order valence-electron chi connectivity index (χ4n) is 3.99. The van der Waals surface area contributed by atoms with Crippen LogP contribution in [0.1, 0.15) is 32.1 Å². The molecule has 1 aromatic heterocycles. The molecule has 4 rings (SSSR count). The summed E-state index contributed by atoms with van der Waals surface area (Å²) < 4.78 is 1.01. The Morgan fingerprint density at radius 2 is 2.04 bits per heavy atom. The normalized spacial score (nSPS) is 21.5. The van der Waals surface area contributed by atoms with Crippen molar-refractivity contribution < 1.29 is 4.79 Å². The number of anilines is 1. The van der Waals surface area contributed by atoms with Gasteiger partial charge in [0, 0.05) is 46.8 Å². The average molecular weight is 388 g/mol. The number of nitrogens with one attached hydrogen (secondary N) is 1. The van der Waals surface area contributed by atoms with Gasteiger partial charge in [-0.05, 0) is 47.3 Å². The molecule has 1 amide bonds. The van der Waals surface area contributed by atoms with Crippen LogP contribution in [0.4, 0.5) is 5.69 Å². The lowest BCUT2D eigenvalue weighted by Gasteiger charge is -2.21. The molecule has 5 heteroatoms. The third-order valence-electron chi connectivity index (χ3n) is 5.29. The summed E-state index contributed by atoms with van der Waals surface area (Å²) in [5.74, 6) is 0.653. The Hall–Kier alpha value is -1.62. The van der Waals surface area contributed by atoms with Crippen LogP contribution in [0.2, 0.25) is 0 Å². The average Bonchev–Trinajstić information content (AvgIpc) is 3.27. The molecule has 2 aromatic rings. The molecule has 1 aliphatic heterocycles. The number of hydrogen-bond acceptors (Lipinski definition) is 3. The van der Waals surface area contributed by atoms with Gasteiger partial charge in [-0.2, -0.15) is 0 Å². The van der Waals surface area contributed by atoms with Crippen LogP contribution in [0.5, 0.6) is 0 Å². The largest absolute Gasteiger partial charge is 0.380 e. The predicted octanol–water partition coefficient (Wildman–Crippen LogP) is 4.20. The van der Waals surface area contributed by atoms with E-state index in [-0.39, 0.29) is 5.92 Å². The van der Waals surface area contributed by atoms with Crippen LogP contribution in [0.15, 0.2) is 34.9 Å². The summed E-state index contributed by atoms with van der Waals surface area (Å²) in [6.07, 6.45) is 7.43. The number of amides is 1. The molecule has 2 aliphatic rings. The van der Waals surface area contributed by atoms with Crippen molar-refractivity contribution in [3.05, 3.63) is 34.9 Å². The van der Waals surface area contributed by atoms with Gasteiger partial charge in [0.05, 0.1) is 5.52 Å². The third kappa shape index (κ3) is 3.02. The van der Waals surface area contributed by atoms with E-state index in [1.807, 2.05) is 24.4 Å². The number of para-hydroxylation sites is 1. The highest BCUT2D eigenvalue weighted by Gasteiger charge is 2.32. The van der Waals surface area contributed by atoms with E-state index >= 15 is 0 Å². The quantitative estimate of drug-likeness (QED) is 0.857. The second-order valence-corrected chi connectivity index (χ2v) is 7.74. The molecular weight excluding hydrogens is 366 g/mol. The van der Waals surface area contributed by atoms with Crippen LogP contribution in [0, 0.1) is 5.92 Å².